The Balaban J connectivity index is 1.49. The molecule has 0 spiro atoms. The van der Waals surface area contributed by atoms with Crippen molar-refractivity contribution in [2.24, 2.45) is 0 Å². The summed E-state index contributed by atoms with van der Waals surface area (Å²) in [4.78, 5) is 24.4. The Bertz CT molecular complexity index is 1300. The first kappa shape index (κ1) is 20.4. The lowest BCUT2D eigenvalue weighted by molar-refractivity contribution is 0.0950. The molecule has 1 aromatic heterocycles. The van der Waals surface area contributed by atoms with Crippen molar-refractivity contribution in [2.45, 2.75) is 12.8 Å². The van der Waals surface area contributed by atoms with E-state index in [0.717, 1.165) is 5.56 Å². The Morgan fingerprint density at radius 1 is 0.935 bits per heavy atom. The van der Waals surface area contributed by atoms with Gasteiger partial charge in [0.2, 0.25) is 0 Å². The molecule has 0 radical (unpaired) electrons. The second-order valence-corrected chi connectivity index (χ2v) is 7.17. The van der Waals surface area contributed by atoms with Gasteiger partial charge >= 0.3 is 0 Å². The molecule has 31 heavy (non-hydrogen) atoms. The molecule has 2 N–H and O–H groups in total. The van der Waals surface area contributed by atoms with Gasteiger partial charge in [-0.15, -0.1) is 0 Å². The standard InChI is InChI=1S/C24H19F2N3O2/c25-17-8-5-15(6-9-17)11-12-27-23(30)20-13-16(7-10-21(20)26)14-22-18-3-1-2-4-19(18)24(31)29-28-22/h1-10,13H,11-12,14H2,(H,27,30)(H,29,31). The molecule has 1 heterocycles. The average Bonchev–Trinajstić information content (AvgIpc) is 2.78. The number of carbonyl (C=O) groups excluding carboxylic acids is 1. The number of carbonyl (C=O) groups is 1. The van der Waals surface area contributed by atoms with Crippen LogP contribution in [0, 0.1) is 11.6 Å². The molecule has 7 heteroatoms. The second-order valence-electron chi connectivity index (χ2n) is 7.17. The molecule has 0 aliphatic heterocycles. The molecule has 4 rings (SSSR count). The largest absolute Gasteiger partial charge is 0.352 e. The predicted octanol–water partition coefficient (Wildman–Crippen LogP) is 3.76. The van der Waals surface area contributed by atoms with Crippen LogP contribution in [-0.2, 0) is 12.8 Å². The molecule has 5 nitrogen and oxygen atoms in total. The fraction of sp³-hybridized carbons (Fsp3) is 0.125. The molecule has 0 bridgehead atoms. The Kier molecular flexibility index (Phi) is 5.84. The molecule has 0 atom stereocenters. The number of nitrogens with zero attached hydrogens (tertiary/aromatic N) is 1. The van der Waals surface area contributed by atoms with Gasteiger partial charge in [0.25, 0.3) is 11.5 Å². The van der Waals surface area contributed by atoms with Gasteiger partial charge in [-0.1, -0.05) is 36.4 Å². The Hall–Kier alpha value is -3.87. The molecule has 0 saturated carbocycles. The number of hydrogen-bond donors (Lipinski definition) is 2. The van der Waals surface area contributed by atoms with Crippen molar-refractivity contribution < 1.29 is 13.6 Å². The van der Waals surface area contributed by atoms with E-state index in [1.54, 1.807) is 36.4 Å². The quantitative estimate of drug-likeness (QED) is 0.500. The minimum atomic E-state index is -0.623. The van der Waals surface area contributed by atoms with Gasteiger partial charge in [-0.05, 0) is 47.9 Å². The highest BCUT2D eigenvalue weighted by Crippen LogP contribution is 2.18. The highest BCUT2D eigenvalue weighted by atomic mass is 19.1. The summed E-state index contributed by atoms with van der Waals surface area (Å²) in [6, 6.07) is 17.4. The van der Waals surface area contributed by atoms with Gasteiger partial charge in [0.1, 0.15) is 11.6 Å². The first-order valence-electron chi connectivity index (χ1n) is 9.78. The Morgan fingerprint density at radius 3 is 2.42 bits per heavy atom. The minimum absolute atomic E-state index is 0.0645. The summed E-state index contributed by atoms with van der Waals surface area (Å²) in [6.45, 7) is 0.292. The summed E-state index contributed by atoms with van der Waals surface area (Å²) in [5, 5.41) is 10.5. The van der Waals surface area contributed by atoms with E-state index >= 15 is 0 Å². The molecular weight excluding hydrogens is 400 g/mol. The minimum Gasteiger partial charge on any atom is -0.352 e. The van der Waals surface area contributed by atoms with Gasteiger partial charge in [-0.3, -0.25) is 9.59 Å². The Labute approximate surface area is 176 Å². The van der Waals surface area contributed by atoms with Crippen LogP contribution in [0.15, 0.2) is 71.5 Å². The highest BCUT2D eigenvalue weighted by Gasteiger charge is 2.14. The van der Waals surface area contributed by atoms with Crippen LogP contribution in [0.1, 0.15) is 27.2 Å². The van der Waals surface area contributed by atoms with Gasteiger partial charge in [0, 0.05) is 18.4 Å². The van der Waals surface area contributed by atoms with E-state index in [1.165, 1.54) is 24.3 Å². The number of amides is 1. The number of fused-ring (bicyclic) bond motifs is 1. The fourth-order valence-corrected chi connectivity index (χ4v) is 3.42. The molecule has 156 valence electrons. The number of rotatable bonds is 6. The van der Waals surface area contributed by atoms with Crippen molar-refractivity contribution in [3.63, 3.8) is 0 Å². The summed E-state index contributed by atoms with van der Waals surface area (Å²) in [5.74, 6) is -1.47. The monoisotopic (exact) mass is 419 g/mol. The molecular formula is C24H19F2N3O2. The number of halogens is 2. The maximum atomic E-state index is 14.3. The van der Waals surface area contributed by atoms with Crippen molar-refractivity contribution in [2.75, 3.05) is 6.54 Å². The maximum Gasteiger partial charge on any atom is 0.272 e. The zero-order valence-electron chi connectivity index (χ0n) is 16.5. The van der Waals surface area contributed by atoms with Crippen LogP contribution in [0.2, 0.25) is 0 Å². The topological polar surface area (TPSA) is 74.8 Å². The smallest absolute Gasteiger partial charge is 0.272 e. The van der Waals surface area contributed by atoms with Gasteiger partial charge in [-0.2, -0.15) is 5.10 Å². The van der Waals surface area contributed by atoms with E-state index in [1.807, 2.05) is 6.07 Å². The van der Waals surface area contributed by atoms with Crippen LogP contribution in [0.25, 0.3) is 10.8 Å². The summed E-state index contributed by atoms with van der Waals surface area (Å²) >= 11 is 0. The van der Waals surface area contributed by atoms with Crippen molar-refractivity contribution in [1.82, 2.24) is 15.5 Å². The van der Waals surface area contributed by atoms with Gasteiger partial charge in [-0.25, -0.2) is 13.9 Å². The van der Waals surface area contributed by atoms with E-state index < -0.39 is 11.7 Å². The van der Waals surface area contributed by atoms with Crippen molar-refractivity contribution >= 4 is 16.7 Å². The molecule has 0 saturated heterocycles. The lowest BCUT2D eigenvalue weighted by Gasteiger charge is -2.09. The number of aromatic amines is 1. The van der Waals surface area contributed by atoms with Gasteiger partial charge in [0.05, 0.1) is 16.6 Å². The van der Waals surface area contributed by atoms with Crippen molar-refractivity contribution in [1.29, 1.82) is 0 Å². The lowest BCUT2D eigenvalue weighted by Crippen LogP contribution is -2.26. The zero-order valence-corrected chi connectivity index (χ0v) is 16.5. The van der Waals surface area contributed by atoms with Crippen LogP contribution < -0.4 is 10.9 Å². The number of benzene rings is 3. The number of H-pyrrole nitrogens is 1. The molecule has 0 unspecified atom stereocenters. The third kappa shape index (κ3) is 4.66. The van der Waals surface area contributed by atoms with E-state index in [-0.39, 0.29) is 16.9 Å². The third-order valence-electron chi connectivity index (χ3n) is 5.03. The van der Waals surface area contributed by atoms with Crippen LogP contribution in [-0.4, -0.2) is 22.6 Å². The molecule has 0 fully saturated rings. The second kappa shape index (κ2) is 8.87. The van der Waals surface area contributed by atoms with Gasteiger partial charge in [0.15, 0.2) is 0 Å². The van der Waals surface area contributed by atoms with E-state index in [9.17, 15) is 18.4 Å². The summed E-state index contributed by atoms with van der Waals surface area (Å²) in [7, 11) is 0. The summed E-state index contributed by atoms with van der Waals surface area (Å²) in [5.41, 5.74) is 1.84. The third-order valence-corrected chi connectivity index (χ3v) is 5.03. The van der Waals surface area contributed by atoms with Crippen LogP contribution >= 0.6 is 0 Å². The van der Waals surface area contributed by atoms with Crippen molar-refractivity contribution in [3.8, 4) is 0 Å². The fourth-order valence-electron chi connectivity index (χ4n) is 3.42. The first-order valence-corrected chi connectivity index (χ1v) is 9.78. The van der Waals surface area contributed by atoms with Gasteiger partial charge < -0.3 is 5.32 Å². The maximum absolute atomic E-state index is 14.3. The van der Waals surface area contributed by atoms with Crippen LogP contribution in [0.5, 0.6) is 0 Å². The van der Waals surface area contributed by atoms with Crippen LogP contribution in [0.3, 0.4) is 0 Å². The average molecular weight is 419 g/mol. The Morgan fingerprint density at radius 2 is 1.65 bits per heavy atom. The number of nitrogens with one attached hydrogen (secondary N) is 2. The summed E-state index contributed by atoms with van der Waals surface area (Å²) < 4.78 is 27.3. The van der Waals surface area contributed by atoms with Crippen LogP contribution in [0.4, 0.5) is 8.78 Å². The molecule has 0 aliphatic rings. The molecule has 4 aromatic rings. The SMILES string of the molecule is O=C(NCCc1ccc(F)cc1)c1cc(Cc2n[nH]c(=O)c3ccccc23)ccc1F. The molecule has 3 aromatic carbocycles. The van der Waals surface area contributed by atoms with E-state index in [2.05, 4.69) is 15.5 Å². The van der Waals surface area contributed by atoms with E-state index in [4.69, 9.17) is 0 Å². The molecule has 0 aliphatic carbocycles. The lowest BCUT2D eigenvalue weighted by atomic mass is 10.0. The van der Waals surface area contributed by atoms with Crippen molar-refractivity contribution in [3.05, 3.63) is 111 Å². The number of aromatic nitrogens is 2. The molecule has 1 amide bonds. The first-order chi connectivity index (χ1) is 15.0. The highest BCUT2D eigenvalue weighted by molar-refractivity contribution is 5.94. The normalized spacial score (nSPS) is 10.9. The number of hydrogen-bond acceptors (Lipinski definition) is 3. The predicted molar refractivity (Wildman–Crippen MR) is 114 cm³/mol. The van der Waals surface area contributed by atoms with E-state index in [0.29, 0.717) is 41.4 Å². The zero-order chi connectivity index (χ0) is 21.8. The summed E-state index contributed by atoms with van der Waals surface area (Å²) in [6.07, 6.45) is 0.827.